The summed E-state index contributed by atoms with van der Waals surface area (Å²) in [6, 6.07) is 5.36. The van der Waals surface area contributed by atoms with E-state index in [0.717, 1.165) is 5.69 Å². The molecule has 102 valence electrons. The average molecular weight is 282 g/mol. The van der Waals surface area contributed by atoms with Gasteiger partial charge in [-0.25, -0.2) is 4.99 Å². The van der Waals surface area contributed by atoms with Crippen LogP contribution in [-0.4, -0.2) is 24.7 Å². The number of rotatable bonds is 2. The fourth-order valence-electron chi connectivity index (χ4n) is 2.05. The van der Waals surface area contributed by atoms with Crippen LogP contribution < -0.4 is 21.1 Å². The van der Waals surface area contributed by atoms with Gasteiger partial charge in [-0.1, -0.05) is 11.6 Å². The zero-order valence-electron chi connectivity index (χ0n) is 11.0. The first-order valence-electron chi connectivity index (χ1n) is 5.68. The number of guanidine groups is 2. The number of nitrogens with zero attached hydrogens (tertiary/aromatic N) is 3. The Bertz CT molecular complexity index is 567. The molecule has 0 radical (unpaired) electrons. The van der Waals surface area contributed by atoms with Gasteiger partial charge in [0.05, 0.1) is 12.1 Å². The molecular weight excluding hydrogens is 266 g/mol. The third-order valence-electron chi connectivity index (χ3n) is 2.79. The number of benzene rings is 1. The Balaban J connectivity index is 2.47. The summed E-state index contributed by atoms with van der Waals surface area (Å²) in [5.41, 5.74) is 11.7. The number of anilines is 1. The van der Waals surface area contributed by atoms with Crippen LogP contribution in [0.5, 0.6) is 5.75 Å². The molecule has 1 aliphatic heterocycles. The second-order valence-corrected chi connectivity index (χ2v) is 5.00. The van der Waals surface area contributed by atoms with Crippen LogP contribution in [-0.2, 0) is 0 Å². The van der Waals surface area contributed by atoms with E-state index in [0.29, 0.717) is 10.8 Å². The highest BCUT2D eigenvalue weighted by atomic mass is 35.5. The lowest BCUT2D eigenvalue weighted by Crippen LogP contribution is -2.54. The van der Waals surface area contributed by atoms with Gasteiger partial charge in [-0.3, -0.25) is 4.90 Å². The SMILES string of the molecule is COc1ccc(N2C(N)=NC(N)=NC2(C)C)cc1Cl. The number of ether oxygens (including phenoxy) is 1. The monoisotopic (exact) mass is 281 g/mol. The molecule has 1 heterocycles. The predicted octanol–water partition coefficient (Wildman–Crippen LogP) is 1.53. The Hall–Kier alpha value is -1.95. The summed E-state index contributed by atoms with van der Waals surface area (Å²) in [6.07, 6.45) is 0. The van der Waals surface area contributed by atoms with Crippen molar-refractivity contribution in [1.29, 1.82) is 0 Å². The molecule has 0 spiro atoms. The van der Waals surface area contributed by atoms with Gasteiger partial charge in [-0.2, -0.15) is 4.99 Å². The van der Waals surface area contributed by atoms with Crippen LogP contribution in [0.15, 0.2) is 28.2 Å². The standard InChI is InChI=1S/C12H16ClN5O/c1-12(2)17-10(14)16-11(15)18(12)7-4-5-9(19-3)8(13)6-7/h4-6H,1-3H3,(H4,14,15,16,17). The summed E-state index contributed by atoms with van der Waals surface area (Å²) in [6.45, 7) is 3.78. The summed E-state index contributed by atoms with van der Waals surface area (Å²) in [4.78, 5) is 10.0. The van der Waals surface area contributed by atoms with E-state index < -0.39 is 5.66 Å². The fraction of sp³-hybridized carbons (Fsp3) is 0.333. The van der Waals surface area contributed by atoms with Crippen LogP contribution in [0.2, 0.25) is 5.02 Å². The lowest BCUT2D eigenvalue weighted by molar-refractivity contribution is 0.415. The highest BCUT2D eigenvalue weighted by Gasteiger charge is 2.33. The molecule has 0 aromatic heterocycles. The van der Waals surface area contributed by atoms with Crippen LogP contribution in [0.4, 0.5) is 5.69 Å². The molecule has 0 unspecified atom stereocenters. The number of hydrogen-bond acceptors (Lipinski definition) is 6. The molecule has 0 atom stereocenters. The van der Waals surface area contributed by atoms with Crippen molar-refractivity contribution in [3.8, 4) is 5.75 Å². The number of nitrogens with two attached hydrogens (primary N) is 2. The summed E-state index contributed by atoms with van der Waals surface area (Å²) < 4.78 is 5.12. The van der Waals surface area contributed by atoms with Crippen molar-refractivity contribution in [3.05, 3.63) is 23.2 Å². The summed E-state index contributed by atoms with van der Waals surface area (Å²) in [5, 5.41) is 0.492. The number of methoxy groups -OCH3 is 1. The van der Waals surface area contributed by atoms with E-state index in [9.17, 15) is 0 Å². The van der Waals surface area contributed by atoms with Gasteiger partial charge in [0, 0.05) is 5.69 Å². The first-order valence-corrected chi connectivity index (χ1v) is 6.06. The quantitative estimate of drug-likeness (QED) is 0.860. The molecule has 2 rings (SSSR count). The van der Waals surface area contributed by atoms with Crippen molar-refractivity contribution in [1.82, 2.24) is 0 Å². The van der Waals surface area contributed by atoms with E-state index in [1.807, 2.05) is 19.9 Å². The minimum Gasteiger partial charge on any atom is -0.495 e. The van der Waals surface area contributed by atoms with Crippen LogP contribution in [0.25, 0.3) is 0 Å². The molecule has 4 N–H and O–H groups in total. The molecule has 0 saturated heterocycles. The van der Waals surface area contributed by atoms with Gasteiger partial charge >= 0.3 is 0 Å². The van der Waals surface area contributed by atoms with E-state index in [4.69, 9.17) is 27.8 Å². The molecule has 6 nitrogen and oxygen atoms in total. The summed E-state index contributed by atoms with van der Waals surface area (Å²) >= 11 is 6.13. The highest BCUT2D eigenvalue weighted by Crippen LogP contribution is 2.33. The van der Waals surface area contributed by atoms with Gasteiger partial charge in [-0.15, -0.1) is 0 Å². The van der Waals surface area contributed by atoms with Crippen molar-refractivity contribution in [2.45, 2.75) is 19.5 Å². The first kappa shape index (κ1) is 13.5. The zero-order valence-corrected chi connectivity index (χ0v) is 11.8. The van der Waals surface area contributed by atoms with Gasteiger partial charge in [0.2, 0.25) is 11.9 Å². The number of halogens is 1. The van der Waals surface area contributed by atoms with Gasteiger partial charge in [-0.05, 0) is 32.0 Å². The van der Waals surface area contributed by atoms with Crippen molar-refractivity contribution in [2.75, 3.05) is 12.0 Å². The third kappa shape index (κ3) is 2.44. The molecule has 0 fully saturated rings. The van der Waals surface area contributed by atoms with Crippen LogP contribution in [0, 0.1) is 0 Å². The third-order valence-corrected chi connectivity index (χ3v) is 3.08. The zero-order chi connectivity index (χ0) is 14.2. The van der Waals surface area contributed by atoms with Crippen LogP contribution in [0.1, 0.15) is 13.8 Å². The summed E-state index contributed by atoms with van der Waals surface area (Å²) in [7, 11) is 1.56. The minimum atomic E-state index is -0.631. The van der Waals surface area contributed by atoms with Crippen LogP contribution >= 0.6 is 11.6 Å². The fourth-order valence-corrected chi connectivity index (χ4v) is 2.30. The van der Waals surface area contributed by atoms with Crippen molar-refractivity contribution >= 4 is 29.2 Å². The molecule has 1 aromatic carbocycles. The van der Waals surface area contributed by atoms with E-state index >= 15 is 0 Å². The Kier molecular flexibility index (Phi) is 3.28. The van der Waals surface area contributed by atoms with Gasteiger partial charge in [0.15, 0.2) is 0 Å². The molecule has 19 heavy (non-hydrogen) atoms. The maximum Gasteiger partial charge on any atom is 0.220 e. The second-order valence-electron chi connectivity index (χ2n) is 4.59. The highest BCUT2D eigenvalue weighted by molar-refractivity contribution is 6.32. The number of aliphatic imine (C=N–C) groups is 2. The van der Waals surface area contributed by atoms with Gasteiger partial charge in [0.1, 0.15) is 11.4 Å². The molecule has 0 aliphatic carbocycles. The maximum atomic E-state index is 6.13. The van der Waals surface area contributed by atoms with Gasteiger partial charge < -0.3 is 16.2 Å². The smallest absolute Gasteiger partial charge is 0.220 e. The second kappa shape index (κ2) is 4.62. The largest absolute Gasteiger partial charge is 0.495 e. The average Bonchev–Trinajstić information content (AvgIpc) is 2.26. The lowest BCUT2D eigenvalue weighted by Gasteiger charge is -2.38. The molecule has 7 heteroatoms. The van der Waals surface area contributed by atoms with Gasteiger partial charge in [0.25, 0.3) is 0 Å². The Morgan fingerprint density at radius 2 is 2.00 bits per heavy atom. The van der Waals surface area contributed by atoms with E-state index in [1.54, 1.807) is 24.1 Å². The Morgan fingerprint density at radius 1 is 1.32 bits per heavy atom. The predicted molar refractivity (Wildman–Crippen MR) is 77.8 cm³/mol. The maximum absolute atomic E-state index is 6.13. The molecular formula is C12H16ClN5O. The van der Waals surface area contributed by atoms with E-state index in [-0.39, 0.29) is 11.9 Å². The Labute approximate surface area is 116 Å². The molecule has 1 aromatic rings. The molecule has 0 bridgehead atoms. The molecule has 0 amide bonds. The van der Waals surface area contributed by atoms with Crippen molar-refractivity contribution < 1.29 is 4.74 Å². The Morgan fingerprint density at radius 3 is 2.53 bits per heavy atom. The normalized spacial score (nSPS) is 17.8. The van der Waals surface area contributed by atoms with Crippen LogP contribution in [0.3, 0.4) is 0 Å². The first-order chi connectivity index (χ1) is 8.85. The molecule has 0 saturated carbocycles. The van der Waals surface area contributed by atoms with Crippen molar-refractivity contribution in [3.63, 3.8) is 0 Å². The van der Waals surface area contributed by atoms with Crippen molar-refractivity contribution in [2.24, 2.45) is 21.5 Å². The minimum absolute atomic E-state index is 0.165. The lowest BCUT2D eigenvalue weighted by atomic mass is 10.1. The van der Waals surface area contributed by atoms with E-state index in [1.165, 1.54) is 0 Å². The topological polar surface area (TPSA) is 89.2 Å². The van der Waals surface area contributed by atoms with E-state index in [2.05, 4.69) is 9.98 Å². The summed E-state index contributed by atoms with van der Waals surface area (Å²) in [5.74, 6) is 1.04. The molecule has 1 aliphatic rings. The number of hydrogen-bond donors (Lipinski definition) is 2.